The first-order valence-corrected chi connectivity index (χ1v) is 5.28. The van der Waals surface area contributed by atoms with Crippen LogP contribution < -0.4 is 5.32 Å². The van der Waals surface area contributed by atoms with Crippen molar-refractivity contribution in [3.05, 3.63) is 30.1 Å². The van der Waals surface area contributed by atoms with E-state index >= 15 is 0 Å². The van der Waals surface area contributed by atoms with Crippen LogP contribution in [0.2, 0.25) is 0 Å². The van der Waals surface area contributed by atoms with Gasteiger partial charge in [0, 0.05) is 44.1 Å². The SMILES string of the molecule is c1cc(CN2CC3CC2CN3)ccn1. The molecule has 0 saturated carbocycles. The number of nitrogens with one attached hydrogen (secondary N) is 1. The second-order valence-electron chi connectivity index (χ2n) is 4.28. The highest BCUT2D eigenvalue weighted by atomic mass is 15.3. The van der Waals surface area contributed by atoms with Gasteiger partial charge in [0.1, 0.15) is 0 Å². The summed E-state index contributed by atoms with van der Waals surface area (Å²) in [6.45, 7) is 3.48. The lowest BCUT2D eigenvalue weighted by Gasteiger charge is -2.27. The van der Waals surface area contributed by atoms with Gasteiger partial charge in [0.25, 0.3) is 0 Å². The number of fused-ring (bicyclic) bond motifs is 2. The Kier molecular flexibility index (Phi) is 2.00. The van der Waals surface area contributed by atoms with Crippen molar-refractivity contribution < 1.29 is 0 Å². The molecule has 2 aliphatic rings. The molecule has 1 aromatic rings. The molecule has 3 heteroatoms. The molecule has 2 bridgehead atoms. The molecule has 2 atom stereocenters. The Morgan fingerprint density at radius 2 is 2.29 bits per heavy atom. The number of aromatic nitrogens is 1. The molecule has 3 rings (SSSR count). The molecular weight excluding hydrogens is 174 g/mol. The summed E-state index contributed by atoms with van der Waals surface area (Å²) >= 11 is 0. The quantitative estimate of drug-likeness (QED) is 0.739. The average molecular weight is 189 g/mol. The third-order valence-corrected chi connectivity index (χ3v) is 3.31. The molecule has 0 spiro atoms. The van der Waals surface area contributed by atoms with Crippen molar-refractivity contribution in [1.82, 2.24) is 15.2 Å². The summed E-state index contributed by atoms with van der Waals surface area (Å²) in [6.07, 6.45) is 5.09. The summed E-state index contributed by atoms with van der Waals surface area (Å²) in [7, 11) is 0. The Morgan fingerprint density at radius 3 is 2.93 bits per heavy atom. The van der Waals surface area contributed by atoms with Crippen molar-refractivity contribution >= 4 is 0 Å². The summed E-state index contributed by atoms with van der Waals surface area (Å²) in [5.74, 6) is 0. The normalized spacial score (nSPS) is 31.1. The second-order valence-corrected chi connectivity index (χ2v) is 4.28. The molecule has 2 fully saturated rings. The van der Waals surface area contributed by atoms with Gasteiger partial charge in [-0.15, -0.1) is 0 Å². The predicted octanol–water partition coefficient (Wildman–Crippen LogP) is 0.628. The summed E-state index contributed by atoms with van der Waals surface area (Å²) in [6, 6.07) is 5.74. The fourth-order valence-corrected chi connectivity index (χ4v) is 2.56. The molecule has 2 aliphatic heterocycles. The molecule has 0 aromatic carbocycles. The molecule has 0 radical (unpaired) electrons. The summed E-state index contributed by atoms with van der Waals surface area (Å²) in [5, 5.41) is 3.52. The smallest absolute Gasteiger partial charge is 0.0271 e. The lowest BCUT2D eigenvalue weighted by atomic mass is 10.2. The molecule has 2 saturated heterocycles. The van der Waals surface area contributed by atoms with Crippen molar-refractivity contribution in [3.8, 4) is 0 Å². The van der Waals surface area contributed by atoms with Gasteiger partial charge in [0.2, 0.25) is 0 Å². The highest BCUT2D eigenvalue weighted by molar-refractivity contribution is 5.11. The van der Waals surface area contributed by atoms with Gasteiger partial charge in [0.05, 0.1) is 0 Å². The van der Waals surface area contributed by atoms with E-state index in [0.717, 1.165) is 18.6 Å². The number of pyridine rings is 1. The highest BCUT2D eigenvalue weighted by Crippen LogP contribution is 2.24. The molecule has 74 valence electrons. The van der Waals surface area contributed by atoms with Crippen molar-refractivity contribution in [2.24, 2.45) is 0 Å². The van der Waals surface area contributed by atoms with Crippen LogP contribution in [0.15, 0.2) is 24.5 Å². The van der Waals surface area contributed by atoms with Gasteiger partial charge in [-0.05, 0) is 24.1 Å². The number of rotatable bonds is 2. The van der Waals surface area contributed by atoms with Gasteiger partial charge in [-0.25, -0.2) is 0 Å². The maximum Gasteiger partial charge on any atom is 0.0271 e. The summed E-state index contributed by atoms with van der Waals surface area (Å²) in [5.41, 5.74) is 1.38. The van der Waals surface area contributed by atoms with Crippen LogP contribution in [0, 0.1) is 0 Å². The molecule has 14 heavy (non-hydrogen) atoms. The van der Waals surface area contributed by atoms with E-state index in [4.69, 9.17) is 0 Å². The summed E-state index contributed by atoms with van der Waals surface area (Å²) in [4.78, 5) is 6.62. The average Bonchev–Trinajstić information content (AvgIpc) is 2.81. The van der Waals surface area contributed by atoms with Crippen LogP contribution >= 0.6 is 0 Å². The van der Waals surface area contributed by atoms with Crippen LogP contribution in [-0.4, -0.2) is 35.1 Å². The monoisotopic (exact) mass is 189 g/mol. The zero-order chi connectivity index (χ0) is 9.38. The predicted molar refractivity (Wildman–Crippen MR) is 54.8 cm³/mol. The van der Waals surface area contributed by atoms with Gasteiger partial charge < -0.3 is 5.32 Å². The Balaban J connectivity index is 1.69. The van der Waals surface area contributed by atoms with Crippen LogP contribution in [-0.2, 0) is 6.54 Å². The van der Waals surface area contributed by atoms with Crippen molar-refractivity contribution in [3.63, 3.8) is 0 Å². The third-order valence-electron chi connectivity index (χ3n) is 3.31. The highest BCUT2D eigenvalue weighted by Gasteiger charge is 2.36. The minimum absolute atomic E-state index is 0.752. The zero-order valence-corrected chi connectivity index (χ0v) is 8.19. The van der Waals surface area contributed by atoms with E-state index in [1.807, 2.05) is 12.4 Å². The van der Waals surface area contributed by atoms with Gasteiger partial charge in [-0.1, -0.05) is 0 Å². The van der Waals surface area contributed by atoms with E-state index in [2.05, 4.69) is 27.3 Å². The number of hydrogen-bond donors (Lipinski definition) is 1. The second kappa shape index (κ2) is 3.33. The lowest BCUT2D eigenvalue weighted by molar-refractivity contribution is 0.218. The van der Waals surface area contributed by atoms with Crippen molar-refractivity contribution in [1.29, 1.82) is 0 Å². The minimum Gasteiger partial charge on any atom is -0.311 e. The molecule has 2 unspecified atom stereocenters. The van der Waals surface area contributed by atoms with Crippen LogP contribution in [0.3, 0.4) is 0 Å². The summed E-state index contributed by atoms with van der Waals surface area (Å²) < 4.78 is 0. The van der Waals surface area contributed by atoms with Gasteiger partial charge in [0.15, 0.2) is 0 Å². The molecular formula is C11H15N3. The number of likely N-dealkylation sites (tertiary alicyclic amines) is 1. The molecule has 3 nitrogen and oxygen atoms in total. The minimum atomic E-state index is 0.752. The van der Waals surface area contributed by atoms with Crippen LogP contribution in [0.25, 0.3) is 0 Å². The Hall–Kier alpha value is -0.930. The number of nitrogens with zero attached hydrogens (tertiary/aromatic N) is 2. The van der Waals surface area contributed by atoms with Crippen LogP contribution in [0.4, 0.5) is 0 Å². The molecule has 1 aromatic heterocycles. The van der Waals surface area contributed by atoms with E-state index < -0.39 is 0 Å². The van der Waals surface area contributed by atoms with Gasteiger partial charge in [-0.3, -0.25) is 9.88 Å². The van der Waals surface area contributed by atoms with Crippen molar-refractivity contribution in [2.75, 3.05) is 13.1 Å². The van der Waals surface area contributed by atoms with Crippen LogP contribution in [0.1, 0.15) is 12.0 Å². The van der Waals surface area contributed by atoms with E-state index in [9.17, 15) is 0 Å². The fraction of sp³-hybridized carbons (Fsp3) is 0.545. The Labute approximate surface area is 84.1 Å². The van der Waals surface area contributed by atoms with E-state index in [0.29, 0.717) is 0 Å². The van der Waals surface area contributed by atoms with Crippen molar-refractivity contribution in [2.45, 2.75) is 25.0 Å². The first kappa shape index (κ1) is 8.38. The maximum atomic E-state index is 4.04. The van der Waals surface area contributed by atoms with Gasteiger partial charge in [-0.2, -0.15) is 0 Å². The van der Waals surface area contributed by atoms with Gasteiger partial charge >= 0.3 is 0 Å². The Morgan fingerprint density at radius 1 is 1.43 bits per heavy atom. The van der Waals surface area contributed by atoms with E-state index in [1.54, 1.807) is 0 Å². The van der Waals surface area contributed by atoms with Crippen LogP contribution in [0.5, 0.6) is 0 Å². The standard InChI is InChI=1S/C11H15N3/c1-3-12-4-2-9(1)7-14-8-10-5-11(14)6-13-10/h1-4,10-11,13H,5-8H2. The first-order valence-electron chi connectivity index (χ1n) is 5.28. The topological polar surface area (TPSA) is 28.2 Å². The zero-order valence-electron chi connectivity index (χ0n) is 8.19. The first-order chi connectivity index (χ1) is 6.92. The third kappa shape index (κ3) is 1.42. The van der Waals surface area contributed by atoms with E-state index in [-0.39, 0.29) is 0 Å². The Bertz CT molecular complexity index is 312. The maximum absolute atomic E-state index is 4.04. The number of hydrogen-bond acceptors (Lipinski definition) is 3. The largest absolute Gasteiger partial charge is 0.311 e. The number of piperazine rings is 1. The lowest BCUT2D eigenvalue weighted by Crippen LogP contribution is -2.42. The molecule has 0 aliphatic carbocycles. The fourth-order valence-electron chi connectivity index (χ4n) is 2.56. The molecule has 0 amide bonds. The molecule has 3 heterocycles. The van der Waals surface area contributed by atoms with E-state index in [1.165, 1.54) is 25.1 Å². The molecule has 1 N–H and O–H groups in total.